The van der Waals surface area contributed by atoms with Gasteiger partial charge in [-0.25, -0.2) is 8.78 Å². The van der Waals surface area contributed by atoms with Crippen molar-refractivity contribution in [2.24, 2.45) is 5.73 Å². The molecule has 0 amide bonds. The highest BCUT2D eigenvalue weighted by atomic mass is 79.9. The highest BCUT2D eigenvalue weighted by Gasteiger charge is 2.15. The van der Waals surface area contributed by atoms with Crippen molar-refractivity contribution in [2.45, 2.75) is 6.54 Å². The van der Waals surface area contributed by atoms with Gasteiger partial charge in [0.1, 0.15) is 5.75 Å². The molecule has 2 aromatic rings. The molecule has 0 fully saturated rings. The molecule has 6 heteroatoms. The predicted molar refractivity (Wildman–Crippen MR) is 73.5 cm³/mol. The molecule has 2 aromatic carbocycles. The smallest absolute Gasteiger partial charge is 0.198 e. The van der Waals surface area contributed by atoms with E-state index in [0.717, 1.165) is 12.1 Å². The van der Waals surface area contributed by atoms with Gasteiger partial charge >= 0.3 is 0 Å². The van der Waals surface area contributed by atoms with E-state index in [0.29, 0.717) is 10.0 Å². The van der Waals surface area contributed by atoms with Crippen LogP contribution in [-0.2, 0) is 6.54 Å². The van der Waals surface area contributed by atoms with Crippen LogP contribution in [-0.4, -0.2) is 0 Å². The molecule has 0 aliphatic carbocycles. The van der Waals surface area contributed by atoms with Crippen LogP contribution in [0.5, 0.6) is 11.5 Å². The Kier molecular flexibility index (Phi) is 4.39. The zero-order valence-electron chi connectivity index (χ0n) is 9.59. The van der Waals surface area contributed by atoms with Crippen molar-refractivity contribution < 1.29 is 13.5 Å². The van der Waals surface area contributed by atoms with E-state index >= 15 is 0 Å². The molecule has 0 spiro atoms. The average Bonchev–Trinajstić information content (AvgIpc) is 2.37. The normalized spacial score (nSPS) is 10.6. The molecule has 0 unspecified atom stereocenters. The molecular weight excluding hydrogens is 340 g/mol. The first kappa shape index (κ1) is 14.2. The van der Waals surface area contributed by atoms with Crippen molar-refractivity contribution in [3.63, 3.8) is 0 Å². The number of hydrogen-bond donors (Lipinski definition) is 1. The molecule has 0 radical (unpaired) electrons. The van der Waals surface area contributed by atoms with Crippen LogP contribution >= 0.6 is 27.5 Å². The highest BCUT2D eigenvalue weighted by Crippen LogP contribution is 2.34. The van der Waals surface area contributed by atoms with Gasteiger partial charge in [-0.3, -0.25) is 0 Å². The Morgan fingerprint density at radius 2 is 1.79 bits per heavy atom. The maximum Gasteiger partial charge on any atom is 0.198 e. The van der Waals surface area contributed by atoms with Crippen LogP contribution in [0.4, 0.5) is 8.78 Å². The van der Waals surface area contributed by atoms with Gasteiger partial charge in [0.15, 0.2) is 17.4 Å². The molecule has 19 heavy (non-hydrogen) atoms. The van der Waals surface area contributed by atoms with Crippen molar-refractivity contribution in [3.8, 4) is 11.5 Å². The molecule has 0 saturated carbocycles. The van der Waals surface area contributed by atoms with Gasteiger partial charge in [-0.2, -0.15) is 0 Å². The van der Waals surface area contributed by atoms with E-state index in [9.17, 15) is 8.78 Å². The average molecular weight is 349 g/mol. The number of rotatable bonds is 3. The first-order valence-electron chi connectivity index (χ1n) is 5.32. The minimum atomic E-state index is -0.823. The summed E-state index contributed by atoms with van der Waals surface area (Å²) in [7, 11) is 0. The zero-order valence-corrected chi connectivity index (χ0v) is 11.9. The first-order valence-corrected chi connectivity index (χ1v) is 6.49. The Morgan fingerprint density at radius 3 is 2.37 bits per heavy atom. The fourth-order valence-electron chi connectivity index (χ4n) is 1.49. The van der Waals surface area contributed by atoms with Crippen LogP contribution in [0, 0.1) is 11.6 Å². The third-order valence-corrected chi connectivity index (χ3v) is 3.20. The maximum absolute atomic E-state index is 13.7. The molecule has 100 valence electrons. The molecule has 0 aliphatic heterocycles. The van der Waals surface area contributed by atoms with E-state index in [1.54, 1.807) is 12.1 Å². The van der Waals surface area contributed by atoms with Crippen molar-refractivity contribution in [1.82, 2.24) is 0 Å². The second kappa shape index (κ2) is 5.86. The summed E-state index contributed by atoms with van der Waals surface area (Å²) in [6, 6.07) is 7.04. The Bertz CT molecular complexity index is 599. The third-order valence-electron chi connectivity index (χ3n) is 2.40. The lowest BCUT2D eigenvalue weighted by molar-refractivity contribution is 0.406. The summed E-state index contributed by atoms with van der Waals surface area (Å²) in [6.07, 6.45) is 0. The van der Waals surface area contributed by atoms with Crippen LogP contribution in [0.2, 0.25) is 5.02 Å². The van der Waals surface area contributed by atoms with Crippen molar-refractivity contribution >= 4 is 27.5 Å². The lowest BCUT2D eigenvalue weighted by Crippen LogP contribution is -2.00. The molecule has 0 saturated heterocycles. The molecular formula is C13H9BrClF2NO. The lowest BCUT2D eigenvalue weighted by Gasteiger charge is -2.11. The number of benzene rings is 2. The minimum Gasteiger partial charge on any atom is -0.450 e. The number of nitrogens with two attached hydrogens (primary N) is 1. The first-order chi connectivity index (χ1) is 9.01. The van der Waals surface area contributed by atoms with Crippen molar-refractivity contribution in [1.29, 1.82) is 0 Å². The molecule has 0 aromatic heterocycles. The molecule has 0 bridgehead atoms. The Balaban J connectivity index is 2.41. The van der Waals surface area contributed by atoms with E-state index < -0.39 is 17.4 Å². The van der Waals surface area contributed by atoms with Crippen LogP contribution in [0.3, 0.4) is 0 Å². The van der Waals surface area contributed by atoms with Crippen molar-refractivity contribution in [2.75, 3.05) is 0 Å². The van der Waals surface area contributed by atoms with Gasteiger partial charge in [0.25, 0.3) is 0 Å². The topological polar surface area (TPSA) is 35.2 Å². The SMILES string of the molecule is NCc1cc(F)c(Oc2cc(Br)ccc2Cl)c(F)c1. The minimum absolute atomic E-state index is 0.0474. The summed E-state index contributed by atoms with van der Waals surface area (Å²) in [5.41, 5.74) is 5.68. The Hall–Kier alpha value is -1.17. The molecule has 0 aliphatic rings. The second-order valence-electron chi connectivity index (χ2n) is 3.77. The van der Waals surface area contributed by atoms with Gasteiger partial charge in [0.05, 0.1) is 5.02 Å². The summed E-state index contributed by atoms with van der Waals surface area (Å²) in [5.74, 6) is -1.99. The summed E-state index contributed by atoms with van der Waals surface area (Å²) < 4.78 is 33.4. The third kappa shape index (κ3) is 3.23. The van der Waals surface area contributed by atoms with Gasteiger partial charge in [0.2, 0.25) is 0 Å². The van der Waals surface area contributed by atoms with Gasteiger partial charge in [-0.1, -0.05) is 27.5 Å². The number of ether oxygens (including phenoxy) is 1. The van der Waals surface area contributed by atoms with E-state index in [1.807, 2.05) is 0 Å². The Morgan fingerprint density at radius 1 is 1.16 bits per heavy atom. The Labute approximate surface area is 122 Å². The standard InChI is InChI=1S/C13H9BrClF2NO/c14-8-1-2-9(15)12(5-8)19-13-10(16)3-7(6-18)4-11(13)17/h1-5H,6,18H2. The summed E-state index contributed by atoms with van der Waals surface area (Å²) in [4.78, 5) is 0. The fourth-order valence-corrected chi connectivity index (χ4v) is 1.99. The lowest BCUT2D eigenvalue weighted by atomic mass is 10.2. The largest absolute Gasteiger partial charge is 0.450 e. The van der Waals surface area contributed by atoms with Gasteiger partial charge in [0, 0.05) is 11.0 Å². The van der Waals surface area contributed by atoms with Crippen LogP contribution < -0.4 is 10.5 Å². The molecule has 0 atom stereocenters. The summed E-state index contributed by atoms with van der Waals surface area (Å²) >= 11 is 9.13. The van der Waals surface area contributed by atoms with E-state index in [1.165, 1.54) is 6.07 Å². The van der Waals surface area contributed by atoms with Crippen LogP contribution in [0.15, 0.2) is 34.8 Å². The monoisotopic (exact) mass is 347 g/mol. The van der Waals surface area contributed by atoms with Crippen LogP contribution in [0.1, 0.15) is 5.56 Å². The van der Waals surface area contributed by atoms with Gasteiger partial charge in [-0.05, 0) is 35.9 Å². The highest BCUT2D eigenvalue weighted by molar-refractivity contribution is 9.10. The summed E-state index contributed by atoms with van der Waals surface area (Å²) in [6.45, 7) is 0.0474. The zero-order chi connectivity index (χ0) is 14.0. The maximum atomic E-state index is 13.7. The second-order valence-corrected chi connectivity index (χ2v) is 5.09. The quantitative estimate of drug-likeness (QED) is 0.877. The van der Waals surface area contributed by atoms with E-state index in [4.69, 9.17) is 22.1 Å². The van der Waals surface area contributed by atoms with E-state index in [2.05, 4.69) is 15.9 Å². The van der Waals surface area contributed by atoms with Crippen molar-refractivity contribution in [3.05, 3.63) is 57.0 Å². The predicted octanol–water partition coefficient (Wildman–Crippen LogP) is 4.63. The summed E-state index contributed by atoms with van der Waals surface area (Å²) in [5, 5.41) is 0.255. The van der Waals surface area contributed by atoms with Gasteiger partial charge in [-0.15, -0.1) is 0 Å². The van der Waals surface area contributed by atoms with Crippen LogP contribution in [0.25, 0.3) is 0 Å². The molecule has 2 nitrogen and oxygen atoms in total. The van der Waals surface area contributed by atoms with E-state index in [-0.39, 0.29) is 17.3 Å². The fraction of sp³-hybridized carbons (Fsp3) is 0.0769. The number of hydrogen-bond acceptors (Lipinski definition) is 2. The van der Waals surface area contributed by atoms with Gasteiger partial charge < -0.3 is 10.5 Å². The molecule has 2 N–H and O–H groups in total. The molecule has 0 heterocycles. The molecule has 2 rings (SSSR count). The number of halogens is 4.